The average Bonchev–Trinajstić information content (AvgIpc) is 3.60. The van der Waals surface area contributed by atoms with Crippen LogP contribution in [0.25, 0.3) is 0 Å². The molecule has 6 amide bonds. The molecular weight excluding hydrogens is 518 g/mol. The lowest BCUT2D eigenvalue weighted by atomic mass is 10.1. The summed E-state index contributed by atoms with van der Waals surface area (Å²) in [6.07, 6.45) is 3.72. The van der Waals surface area contributed by atoms with Crippen molar-refractivity contribution in [3.63, 3.8) is 0 Å². The summed E-state index contributed by atoms with van der Waals surface area (Å²) in [5.41, 5.74) is 5.65. The zero-order valence-electron chi connectivity index (χ0n) is 21.3. The first kappa shape index (κ1) is 30.7. The summed E-state index contributed by atoms with van der Waals surface area (Å²) < 4.78 is 0. The van der Waals surface area contributed by atoms with E-state index in [1.807, 2.05) is 0 Å². The van der Waals surface area contributed by atoms with Crippen LogP contribution in [0.1, 0.15) is 25.5 Å². The molecule has 1 saturated heterocycles. The van der Waals surface area contributed by atoms with E-state index in [2.05, 4.69) is 36.6 Å². The predicted molar refractivity (Wildman–Crippen MR) is 132 cm³/mol. The highest BCUT2D eigenvalue weighted by Crippen LogP contribution is 2.18. The minimum Gasteiger partial charge on any atom is -0.480 e. The molecule has 1 aliphatic rings. The zero-order chi connectivity index (χ0) is 28.9. The molecule has 1 aliphatic heterocycles. The van der Waals surface area contributed by atoms with Crippen LogP contribution in [0.4, 0.5) is 0 Å². The molecule has 0 bridgehead atoms. The number of carbonyl (C=O) groups excluding carboxylic acids is 6. The van der Waals surface area contributed by atoms with E-state index in [0.717, 1.165) is 0 Å². The van der Waals surface area contributed by atoms with E-state index in [9.17, 15) is 33.6 Å². The highest BCUT2D eigenvalue weighted by Gasteiger charge is 2.36. The molecule has 0 spiro atoms. The number of amides is 6. The van der Waals surface area contributed by atoms with Gasteiger partial charge in [-0.15, -0.1) is 0 Å². The highest BCUT2D eigenvalue weighted by molar-refractivity contribution is 5.95. The van der Waals surface area contributed by atoms with Gasteiger partial charge in [0.25, 0.3) is 0 Å². The monoisotopic (exact) mass is 551 g/mol. The Bertz CT molecular complexity index is 1060. The molecule has 0 aromatic carbocycles. The number of carboxylic acid groups (broad SMARTS) is 1. The van der Waals surface area contributed by atoms with Gasteiger partial charge in [-0.3, -0.25) is 33.6 Å². The van der Waals surface area contributed by atoms with Gasteiger partial charge in [-0.25, -0.2) is 4.98 Å². The molecule has 2 rings (SSSR count). The van der Waals surface area contributed by atoms with E-state index in [4.69, 9.17) is 10.8 Å². The van der Waals surface area contributed by atoms with Crippen molar-refractivity contribution in [2.45, 2.75) is 44.3 Å². The zero-order valence-corrected chi connectivity index (χ0v) is 21.3. The molecule has 39 heavy (non-hydrogen) atoms. The van der Waals surface area contributed by atoms with Crippen molar-refractivity contribution in [2.75, 3.05) is 32.7 Å². The molecule has 1 aromatic heterocycles. The fourth-order valence-corrected chi connectivity index (χ4v) is 3.74. The van der Waals surface area contributed by atoms with Crippen molar-refractivity contribution >= 4 is 41.4 Å². The molecule has 17 nitrogen and oxygen atoms in total. The number of aromatic amines is 1. The van der Waals surface area contributed by atoms with Gasteiger partial charge >= 0.3 is 5.97 Å². The number of rotatable bonds is 14. The summed E-state index contributed by atoms with van der Waals surface area (Å²) in [5, 5.41) is 20.5. The summed E-state index contributed by atoms with van der Waals surface area (Å²) in [4.78, 5) is 92.6. The van der Waals surface area contributed by atoms with Crippen molar-refractivity contribution in [3.8, 4) is 0 Å². The molecule has 0 radical (unpaired) electrons. The van der Waals surface area contributed by atoms with Gasteiger partial charge in [0.05, 0.1) is 31.7 Å². The van der Waals surface area contributed by atoms with Gasteiger partial charge in [-0.1, -0.05) is 0 Å². The minimum absolute atomic E-state index is 0.0268. The van der Waals surface area contributed by atoms with Crippen LogP contribution >= 0.6 is 0 Å². The largest absolute Gasteiger partial charge is 0.480 e. The van der Waals surface area contributed by atoms with Crippen LogP contribution in [0.2, 0.25) is 0 Å². The Kier molecular flexibility index (Phi) is 11.8. The van der Waals surface area contributed by atoms with Gasteiger partial charge in [0.2, 0.25) is 35.4 Å². The van der Waals surface area contributed by atoms with Gasteiger partial charge < -0.3 is 47.3 Å². The maximum absolute atomic E-state index is 13.1. The number of hydrogen-bond donors (Lipinski definition) is 8. The normalized spacial score (nSPS) is 15.9. The highest BCUT2D eigenvalue weighted by atomic mass is 16.4. The van der Waals surface area contributed by atoms with E-state index >= 15 is 0 Å². The van der Waals surface area contributed by atoms with Crippen molar-refractivity contribution in [2.24, 2.45) is 5.73 Å². The van der Waals surface area contributed by atoms with Gasteiger partial charge in [0, 0.05) is 19.2 Å². The number of aromatic nitrogens is 2. The van der Waals surface area contributed by atoms with Crippen molar-refractivity contribution < 1.29 is 38.7 Å². The Balaban J connectivity index is 1.98. The molecule has 0 aliphatic carbocycles. The summed E-state index contributed by atoms with van der Waals surface area (Å²) in [6.45, 7) is -0.148. The fourth-order valence-electron chi connectivity index (χ4n) is 3.74. The Morgan fingerprint density at radius 2 is 1.77 bits per heavy atom. The number of H-pyrrole nitrogens is 1. The third kappa shape index (κ3) is 10.0. The standard InChI is InChI=1S/C22H33N9O8/c1-12(29-16(32)6-23)20(37)27-9-18(34)31-4-2-3-15(31)22(39)30-14(5-13-7-24-11-28-13)21(38)26-8-17(33)25-10-19(35)36/h7,11-12,14-15H,2-6,8-10,23H2,1H3,(H,24,28)(H,25,33)(H,26,38)(H,27,37)(H,29,32)(H,30,39)(H,35,36)/t12-,14-,15-/m0/s1. The second kappa shape index (κ2) is 15.0. The Labute approximate surface area is 223 Å². The van der Waals surface area contributed by atoms with Gasteiger partial charge in [0.15, 0.2) is 0 Å². The lowest BCUT2D eigenvalue weighted by Crippen LogP contribution is -2.56. The minimum atomic E-state index is -1.25. The van der Waals surface area contributed by atoms with Crippen LogP contribution in [-0.4, -0.2) is 112 Å². The van der Waals surface area contributed by atoms with Gasteiger partial charge in [0.1, 0.15) is 24.7 Å². The van der Waals surface area contributed by atoms with E-state index in [1.54, 1.807) is 0 Å². The lowest BCUT2D eigenvalue weighted by Gasteiger charge is -2.26. The SMILES string of the molecule is C[C@H](NC(=O)CN)C(=O)NCC(=O)N1CCC[C@H]1C(=O)N[C@@H](Cc1c[nH]cn1)C(=O)NCC(=O)NCC(=O)O. The molecule has 17 heteroatoms. The van der Waals surface area contributed by atoms with E-state index < -0.39 is 79.2 Å². The third-order valence-corrected chi connectivity index (χ3v) is 5.71. The quantitative estimate of drug-likeness (QED) is 0.110. The number of carbonyl (C=O) groups is 7. The van der Waals surface area contributed by atoms with E-state index in [0.29, 0.717) is 18.5 Å². The van der Waals surface area contributed by atoms with Crippen LogP contribution in [0.15, 0.2) is 12.5 Å². The second-order valence-corrected chi connectivity index (χ2v) is 8.67. The number of likely N-dealkylation sites (tertiary alicyclic amines) is 1. The fraction of sp³-hybridized carbons (Fsp3) is 0.545. The second-order valence-electron chi connectivity index (χ2n) is 8.67. The summed E-state index contributed by atoms with van der Waals surface area (Å²) >= 11 is 0. The summed E-state index contributed by atoms with van der Waals surface area (Å²) in [7, 11) is 0. The van der Waals surface area contributed by atoms with Crippen LogP contribution in [-0.2, 0) is 40.0 Å². The van der Waals surface area contributed by atoms with Crippen LogP contribution in [0.3, 0.4) is 0 Å². The van der Waals surface area contributed by atoms with E-state index in [1.165, 1.54) is 24.3 Å². The number of aliphatic carboxylic acids is 1. The topological polar surface area (TPSA) is 258 Å². The molecule has 214 valence electrons. The molecule has 1 fully saturated rings. The molecule has 0 unspecified atom stereocenters. The number of nitrogens with one attached hydrogen (secondary N) is 6. The van der Waals surface area contributed by atoms with Crippen molar-refractivity contribution in [1.29, 1.82) is 0 Å². The summed E-state index contributed by atoms with van der Waals surface area (Å²) in [6, 6.07) is -2.98. The van der Waals surface area contributed by atoms with Crippen LogP contribution in [0.5, 0.6) is 0 Å². The summed E-state index contributed by atoms with van der Waals surface area (Å²) in [5.74, 6) is -4.97. The maximum Gasteiger partial charge on any atom is 0.322 e. The van der Waals surface area contributed by atoms with Crippen molar-refractivity contribution in [1.82, 2.24) is 41.5 Å². The van der Waals surface area contributed by atoms with Crippen molar-refractivity contribution in [3.05, 3.63) is 18.2 Å². The first-order valence-electron chi connectivity index (χ1n) is 12.1. The van der Waals surface area contributed by atoms with Gasteiger partial charge in [-0.2, -0.15) is 0 Å². The maximum atomic E-state index is 13.1. The Hall–Kier alpha value is -4.54. The lowest BCUT2D eigenvalue weighted by molar-refractivity contribution is -0.140. The first-order chi connectivity index (χ1) is 18.5. The van der Waals surface area contributed by atoms with Crippen LogP contribution in [0, 0.1) is 0 Å². The molecule has 2 heterocycles. The number of imidazole rings is 1. The van der Waals surface area contributed by atoms with Crippen LogP contribution < -0.4 is 32.3 Å². The molecule has 0 saturated carbocycles. The number of nitrogens with two attached hydrogens (primary N) is 1. The molecular formula is C22H33N9O8. The number of hydrogen-bond acceptors (Lipinski definition) is 9. The first-order valence-corrected chi connectivity index (χ1v) is 12.1. The third-order valence-electron chi connectivity index (χ3n) is 5.71. The van der Waals surface area contributed by atoms with E-state index in [-0.39, 0.29) is 19.5 Å². The average molecular weight is 552 g/mol. The molecule has 3 atom stereocenters. The smallest absolute Gasteiger partial charge is 0.322 e. The number of carboxylic acids is 1. The van der Waals surface area contributed by atoms with Gasteiger partial charge in [-0.05, 0) is 19.8 Å². The Morgan fingerprint density at radius 1 is 1.05 bits per heavy atom. The number of nitrogens with zero attached hydrogens (tertiary/aromatic N) is 2. The predicted octanol–water partition coefficient (Wildman–Crippen LogP) is -4.68. The molecule has 1 aromatic rings. The Morgan fingerprint density at radius 3 is 2.41 bits per heavy atom. The molecule has 9 N–H and O–H groups in total.